The molecule has 2 aromatic rings. The van der Waals surface area contributed by atoms with Crippen LogP contribution in [-0.4, -0.2) is 35.2 Å². The number of benzene rings is 1. The zero-order valence-corrected chi connectivity index (χ0v) is 11.9. The van der Waals surface area contributed by atoms with Crippen molar-refractivity contribution in [1.82, 2.24) is 14.9 Å². The van der Waals surface area contributed by atoms with Crippen LogP contribution < -0.4 is 10.4 Å². The van der Waals surface area contributed by atoms with Crippen molar-refractivity contribution in [3.05, 3.63) is 40.1 Å². The predicted octanol–water partition coefficient (Wildman–Crippen LogP) is 2.23. The van der Waals surface area contributed by atoms with E-state index in [4.69, 9.17) is 23.2 Å². The Kier molecular flexibility index (Phi) is 4.24. The van der Waals surface area contributed by atoms with Gasteiger partial charge in [-0.3, -0.25) is 0 Å². The lowest BCUT2D eigenvalue weighted by Gasteiger charge is -2.14. The van der Waals surface area contributed by atoms with Crippen LogP contribution in [0, 0.1) is 0 Å². The molecule has 0 atom stereocenters. The summed E-state index contributed by atoms with van der Waals surface area (Å²) >= 11 is 12.1. The van der Waals surface area contributed by atoms with Crippen molar-refractivity contribution in [2.24, 2.45) is 5.10 Å². The van der Waals surface area contributed by atoms with E-state index >= 15 is 0 Å². The van der Waals surface area contributed by atoms with E-state index in [1.54, 1.807) is 40.4 Å². The number of nitrogens with zero attached hydrogens (tertiary/aromatic N) is 5. The number of hydrogen-bond acceptors (Lipinski definition) is 5. The molecule has 8 heteroatoms. The van der Waals surface area contributed by atoms with Crippen LogP contribution in [0.3, 0.4) is 0 Å². The summed E-state index contributed by atoms with van der Waals surface area (Å²) in [5.41, 5.74) is 3.42. The second kappa shape index (κ2) is 5.90. The number of aromatic nitrogens is 3. The van der Waals surface area contributed by atoms with Gasteiger partial charge in [0.1, 0.15) is 6.33 Å². The second-order valence-electron chi connectivity index (χ2n) is 3.85. The smallest absolute Gasteiger partial charge is 0.263 e. The average molecular weight is 299 g/mol. The van der Waals surface area contributed by atoms with Crippen LogP contribution in [0.15, 0.2) is 29.6 Å². The summed E-state index contributed by atoms with van der Waals surface area (Å²) in [6.45, 7) is 0. The lowest BCUT2D eigenvalue weighted by molar-refractivity contribution is 0.732. The van der Waals surface area contributed by atoms with E-state index < -0.39 is 0 Å². The van der Waals surface area contributed by atoms with E-state index in [0.29, 0.717) is 21.6 Å². The minimum absolute atomic E-state index is 0.490. The molecule has 0 radical (unpaired) electrons. The lowest BCUT2D eigenvalue weighted by Crippen LogP contribution is -2.25. The summed E-state index contributed by atoms with van der Waals surface area (Å²) in [7, 11) is 3.73. The molecule has 2 rings (SSSR count). The first-order valence-corrected chi connectivity index (χ1v) is 6.16. The van der Waals surface area contributed by atoms with Gasteiger partial charge in [-0.15, -0.1) is 10.2 Å². The predicted molar refractivity (Wildman–Crippen MR) is 77.8 cm³/mol. The summed E-state index contributed by atoms with van der Waals surface area (Å²) in [5.74, 6) is 0.490. The Hall–Kier alpha value is -1.79. The summed E-state index contributed by atoms with van der Waals surface area (Å²) in [6.07, 6.45) is 3.11. The van der Waals surface area contributed by atoms with Gasteiger partial charge in [-0.05, 0) is 12.1 Å². The molecule has 0 saturated carbocycles. The Balaban J connectivity index is 2.14. The molecule has 0 bridgehead atoms. The lowest BCUT2D eigenvalue weighted by atomic mass is 10.2. The molecule has 0 saturated heterocycles. The van der Waals surface area contributed by atoms with Crippen molar-refractivity contribution in [3.63, 3.8) is 0 Å². The Labute approximate surface area is 120 Å². The third kappa shape index (κ3) is 3.15. The number of hydrogen-bond donors (Lipinski definition) is 1. The van der Waals surface area contributed by atoms with E-state index in [1.807, 2.05) is 14.1 Å². The minimum Gasteiger partial charge on any atom is -0.315 e. The van der Waals surface area contributed by atoms with Gasteiger partial charge < -0.3 is 5.01 Å². The van der Waals surface area contributed by atoms with Crippen molar-refractivity contribution < 1.29 is 0 Å². The molecule has 19 heavy (non-hydrogen) atoms. The number of nitrogens with one attached hydrogen (secondary N) is 1. The van der Waals surface area contributed by atoms with Crippen LogP contribution in [-0.2, 0) is 0 Å². The van der Waals surface area contributed by atoms with Gasteiger partial charge in [-0.25, -0.2) is 10.1 Å². The van der Waals surface area contributed by atoms with E-state index in [9.17, 15) is 0 Å². The van der Waals surface area contributed by atoms with Gasteiger partial charge in [0.05, 0.1) is 16.3 Å². The highest BCUT2D eigenvalue weighted by molar-refractivity contribution is 6.38. The fourth-order valence-corrected chi connectivity index (χ4v) is 1.88. The standard InChI is InChI=1S/C11H12Cl2N6/c1-18(2)19-7-15-17-11(19)16-14-6-8-9(12)4-3-5-10(8)13/h3-7H,1-2H3,(H,16,17)/b14-6+. The molecular weight excluding hydrogens is 287 g/mol. The van der Waals surface area contributed by atoms with Crippen LogP contribution >= 0.6 is 23.2 Å². The normalized spacial score (nSPS) is 10.9. The van der Waals surface area contributed by atoms with E-state index in [1.165, 1.54) is 0 Å². The van der Waals surface area contributed by atoms with Crippen LogP contribution in [0.5, 0.6) is 0 Å². The maximum atomic E-state index is 6.03. The molecule has 0 aliphatic carbocycles. The minimum atomic E-state index is 0.490. The van der Waals surface area contributed by atoms with Gasteiger partial charge in [0.15, 0.2) is 0 Å². The first-order chi connectivity index (χ1) is 9.09. The molecular formula is C11H12Cl2N6. The second-order valence-corrected chi connectivity index (χ2v) is 4.67. The van der Waals surface area contributed by atoms with Crippen LogP contribution in [0.1, 0.15) is 5.56 Å². The van der Waals surface area contributed by atoms with Crippen molar-refractivity contribution in [2.75, 3.05) is 24.5 Å². The van der Waals surface area contributed by atoms with Crippen LogP contribution in [0.25, 0.3) is 0 Å². The summed E-state index contributed by atoms with van der Waals surface area (Å²) in [5, 5.41) is 14.6. The molecule has 0 aliphatic heterocycles. The summed E-state index contributed by atoms with van der Waals surface area (Å²) < 4.78 is 1.70. The quantitative estimate of drug-likeness (QED) is 0.695. The SMILES string of the molecule is CN(C)n1cnnc1N/N=C/c1c(Cl)cccc1Cl. The van der Waals surface area contributed by atoms with Gasteiger partial charge in [-0.2, -0.15) is 5.10 Å². The van der Waals surface area contributed by atoms with Crippen LogP contribution in [0.2, 0.25) is 10.0 Å². The maximum Gasteiger partial charge on any atom is 0.263 e. The number of rotatable bonds is 4. The van der Waals surface area contributed by atoms with E-state index in [-0.39, 0.29) is 0 Å². The molecule has 1 aromatic carbocycles. The van der Waals surface area contributed by atoms with Crippen molar-refractivity contribution in [1.29, 1.82) is 0 Å². The first kappa shape index (κ1) is 13.6. The zero-order chi connectivity index (χ0) is 13.8. The molecule has 0 amide bonds. The number of anilines is 1. The van der Waals surface area contributed by atoms with Gasteiger partial charge in [0.25, 0.3) is 5.95 Å². The summed E-state index contributed by atoms with van der Waals surface area (Å²) in [6, 6.07) is 5.27. The van der Waals surface area contributed by atoms with Crippen LogP contribution in [0.4, 0.5) is 5.95 Å². The van der Waals surface area contributed by atoms with Gasteiger partial charge in [0, 0.05) is 19.7 Å². The summed E-state index contributed by atoms with van der Waals surface area (Å²) in [4.78, 5) is 0. The maximum absolute atomic E-state index is 6.03. The molecule has 0 fully saturated rings. The van der Waals surface area contributed by atoms with Gasteiger partial charge in [0.2, 0.25) is 0 Å². The Morgan fingerprint density at radius 3 is 2.63 bits per heavy atom. The molecule has 0 unspecified atom stereocenters. The molecule has 1 aromatic heterocycles. The third-order valence-corrected chi connectivity index (χ3v) is 2.98. The molecule has 6 nitrogen and oxygen atoms in total. The number of hydrazone groups is 1. The fraction of sp³-hybridized carbons (Fsp3) is 0.182. The highest BCUT2D eigenvalue weighted by atomic mass is 35.5. The monoisotopic (exact) mass is 298 g/mol. The zero-order valence-electron chi connectivity index (χ0n) is 10.4. The molecule has 0 spiro atoms. The highest BCUT2D eigenvalue weighted by Crippen LogP contribution is 2.22. The van der Waals surface area contributed by atoms with Gasteiger partial charge in [-0.1, -0.05) is 29.3 Å². The molecule has 0 aliphatic rings. The van der Waals surface area contributed by atoms with E-state index in [0.717, 1.165) is 0 Å². The Morgan fingerprint density at radius 2 is 2.00 bits per heavy atom. The van der Waals surface area contributed by atoms with Crippen molar-refractivity contribution >= 4 is 35.4 Å². The third-order valence-electron chi connectivity index (χ3n) is 2.32. The Morgan fingerprint density at radius 1 is 1.32 bits per heavy atom. The fourth-order valence-electron chi connectivity index (χ4n) is 1.38. The average Bonchev–Trinajstić information content (AvgIpc) is 2.81. The van der Waals surface area contributed by atoms with Crippen molar-refractivity contribution in [2.45, 2.75) is 0 Å². The first-order valence-electron chi connectivity index (χ1n) is 5.40. The largest absolute Gasteiger partial charge is 0.315 e. The number of halogens is 2. The van der Waals surface area contributed by atoms with Gasteiger partial charge >= 0.3 is 0 Å². The molecule has 1 N–H and O–H groups in total. The highest BCUT2D eigenvalue weighted by Gasteiger charge is 2.04. The van der Waals surface area contributed by atoms with E-state index in [2.05, 4.69) is 20.7 Å². The topological polar surface area (TPSA) is 58.3 Å². The Bertz CT molecular complexity index is 572. The molecule has 100 valence electrons. The van der Waals surface area contributed by atoms with Crippen molar-refractivity contribution in [3.8, 4) is 0 Å². The molecule has 1 heterocycles.